The molecule has 1 rings (SSSR count). The lowest BCUT2D eigenvalue weighted by Gasteiger charge is -2.09. The molecule has 0 unspecified atom stereocenters. The summed E-state index contributed by atoms with van der Waals surface area (Å²) >= 11 is 0. The molecular weight excluding hydrogens is 301 g/mol. The average molecular weight is 310 g/mol. The molecule has 21 heavy (non-hydrogen) atoms. The average Bonchev–Trinajstić information content (AvgIpc) is 2.72. The number of ether oxygens (including phenoxy) is 1. The van der Waals surface area contributed by atoms with E-state index in [1.165, 1.54) is 6.92 Å². The minimum absolute atomic E-state index is 0.0397. The van der Waals surface area contributed by atoms with Crippen molar-refractivity contribution in [3.8, 4) is 0 Å². The number of carbonyl (C=O) groups excluding carboxylic acids is 2. The number of imide groups is 1. The fourth-order valence-electron chi connectivity index (χ4n) is 1.30. The van der Waals surface area contributed by atoms with Crippen LogP contribution in [0.4, 0.5) is 18.0 Å². The molecule has 0 aliphatic carbocycles. The first-order valence-corrected chi connectivity index (χ1v) is 5.37. The van der Waals surface area contributed by atoms with Gasteiger partial charge in [-0.1, -0.05) is 5.21 Å². The Morgan fingerprint density at radius 2 is 2.00 bits per heavy atom. The molecule has 0 atom stereocenters. The molecule has 0 spiro atoms. The zero-order chi connectivity index (χ0) is 16.2. The Morgan fingerprint density at radius 1 is 1.38 bits per heavy atom. The van der Waals surface area contributed by atoms with E-state index in [-0.39, 0.29) is 11.3 Å². The molecule has 1 heterocycles. The molecule has 2 N–H and O–H groups in total. The predicted octanol–water partition coefficient (Wildman–Crippen LogP) is 0.268. The number of rotatable bonds is 4. The zero-order valence-electron chi connectivity index (χ0n) is 10.5. The number of aromatic nitrogens is 3. The molecule has 0 radical (unpaired) electrons. The van der Waals surface area contributed by atoms with Crippen LogP contribution in [0.25, 0.3) is 0 Å². The summed E-state index contributed by atoms with van der Waals surface area (Å²) in [4.78, 5) is 32.9. The van der Waals surface area contributed by atoms with Crippen LogP contribution >= 0.6 is 0 Å². The van der Waals surface area contributed by atoms with E-state index in [1.807, 2.05) is 0 Å². The molecule has 0 fully saturated rings. The highest BCUT2D eigenvalue weighted by Gasteiger charge is 2.42. The van der Waals surface area contributed by atoms with Crippen LogP contribution < -0.4 is 5.32 Å². The molecule has 9 nitrogen and oxygen atoms in total. The number of amides is 2. The number of halogens is 3. The van der Waals surface area contributed by atoms with Crippen molar-refractivity contribution in [1.29, 1.82) is 0 Å². The van der Waals surface area contributed by atoms with Crippen molar-refractivity contribution >= 4 is 18.0 Å². The van der Waals surface area contributed by atoms with Gasteiger partial charge in [-0.2, -0.15) is 13.2 Å². The highest BCUT2D eigenvalue weighted by atomic mass is 19.4. The lowest BCUT2D eigenvalue weighted by atomic mass is 10.3. The van der Waals surface area contributed by atoms with Gasteiger partial charge < -0.3 is 9.84 Å². The van der Waals surface area contributed by atoms with E-state index in [2.05, 4.69) is 15.0 Å². The first-order chi connectivity index (χ1) is 9.66. The maximum Gasteiger partial charge on any atom is 0.435 e. The SMILES string of the molecule is CCOC(=O)NC(=O)Cn1nnc(C(=O)O)c1C(F)(F)F. The maximum atomic E-state index is 12.7. The summed E-state index contributed by atoms with van der Waals surface area (Å²) in [6.45, 7) is 0.371. The quantitative estimate of drug-likeness (QED) is 0.818. The third-order valence-corrected chi connectivity index (χ3v) is 2.02. The smallest absolute Gasteiger partial charge is 0.435 e. The highest BCUT2D eigenvalue weighted by molar-refractivity contribution is 5.92. The van der Waals surface area contributed by atoms with Crippen LogP contribution in [0.5, 0.6) is 0 Å². The van der Waals surface area contributed by atoms with Gasteiger partial charge in [0.1, 0.15) is 6.54 Å². The first kappa shape index (κ1) is 16.4. The fraction of sp³-hybridized carbons (Fsp3) is 0.444. The van der Waals surface area contributed by atoms with Gasteiger partial charge in [0.05, 0.1) is 6.61 Å². The molecule has 12 heteroatoms. The highest BCUT2D eigenvalue weighted by Crippen LogP contribution is 2.30. The van der Waals surface area contributed by atoms with Crippen LogP contribution in [0.1, 0.15) is 23.1 Å². The molecule has 0 saturated carbocycles. The van der Waals surface area contributed by atoms with Crippen molar-refractivity contribution < 1.29 is 37.4 Å². The number of aromatic carboxylic acids is 1. The topological polar surface area (TPSA) is 123 Å². The van der Waals surface area contributed by atoms with Gasteiger partial charge in [-0.25, -0.2) is 14.3 Å². The van der Waals surface area contributed by atoms with E-state index in [0.29, 0.717) is 0 Å². The molecule has 0 bridgehead atoms. The monoisotopic (exact) mass is 310 g/mol. The Bertz CT molecular complexity index is 568. The fourth-order valence-corrected chi connectivity index (χ4v) is 1.30. The second-order valence-corrected chi connectivity index (χ2v) is 3.52. The number of carboxylic acids is 1. The van der Waals surface area contributed by atoms with Crippen molar-refractivity contribution in [2.75, 3.05) is 6.61 Å². The lowest BCUT2D eigenvalue weighted by molar-refractivity contribution is -0.145. The third kappa shape index (κ3) is 4.15. The summed E-state index contributed by atoms with van der Waals surface area (Å²) in [6, 6.07) is 0. The largest absolute Gasteiger partial charge is 0.476 e. The Morgan fingerprint density at radius 3 is 2.48 bits per heavy atom. The Labute approximate surface area is 114 Å². The number of hydrogen-bond acceptors (Lipinski definition) is 6. The summed E-state index contributed by atoms with van der Waals surface area (Å²) in [5.41, 5.74) is -3.04. The van der Waals surface area contributed by atoms with Gasteiger partial charge in [-0.15, -0.1) is 5.10 Å². The number of carboxylic acid groups (broad SMARTS) is 1. The number of alkyl carbamates (subject to hydrolysis) is 1. The molecule has 116 valence electrons. The predicted molar refractivity (Wildman–Crippen MR) is 57.1 cm³/mol. The standard InChI is InChI=1S/C9H9F3N4O5/c1-2-21-8(20)13-4(17)3-16-6(9(10,11)12)5(7(18)19)14-15-16/h2-3H2,1H3,(H,18,19)(H,13,17,20). The molecule has 0 aliphatic rings. The first-order valence-electron chi connectivity index (χ1n) is 5.37. The number of nitrogens with one attached hydrogen (secondary N) is 1. The number of nitrogens with zero attached hydrogens (tertiary/aromatic N) is 3. The van der Waals surface area contributed by atoms with Crippen LogP contribution in [0.15, 0.2) is 0 Å². The molecular formula is C9H9F3N4O5. The van der Waals surface area contributed by atoms with E-state index in [1.54, 1.807) is 5.32 Å². The van der Waals surface area contributed by atoms with Gasteiger partial charge in [0.2, 0.25) is 5.69 Å². The van der Waals surface area contributed by atoms with Gasteiger partial charge in [-0.3, -0.25) is 10.1 Å². The second kappa shape index (κ2) is 6.19. The van der Waals surface area contributed by atoms with Gasteiger partial charge in [0, 0.05) is 0 Å². The third-order valence-electron chi connectivity index (χ3n) is 2.02. The minimum Gasteiger partial charge on any atom is -0.476 e. The Balaban J connectivity index is 2.97. The summed E-state index contributed by atoms with van der Waals surface area (Å²) in [7, 11) is 0. The van der Waals surface area contributed by atoms with Crippen LogP contribution in [-0.2, 0) is 22.3 Å². The molecule has 1 aromatic heterocycles. The van der Waals surface area contributed by atoms with E-state index >= 15 is 0 Å². The van der Waals surface area contributed by atoms with Gasteiger partial charge in [-0.05, 0) is 6.92 Å². The second-order valence-electron chi connectivity index (χ2n) is 3.52. The minimum atomic E-state index is -5.08. The molecule has 0 aromatic carbocycles. The maximum absolute atomic E-state index is 12.7. The van der Waals surface area contributed by atoms with Crippen molar-refractivity contribution in [2.24, 2.45) is 0 Å². The molecule has 2 amide bonds. The van der Waals surface area contributed by atoms with Gasteiger partial charge >= 0.3 is 18.2 Å². The summed E-state index contributed by atoms with van der Waals surface area (Å²) in [6.07, 6.45) is -6.23. The van der Waals surface area contributed by atoms with Crippen molar-refractivity contribution in [2.45, 2.75) is 19.6 Å². The van der Waals surface area contributed by atoms with E-state index in [0.717, 1.165) is 0 Å². The number of alkyl halides is 3. The van der Waals surface area contributed by atoms with Crippen LogP contribution in [0.2, 0.25) is 0 Å². The van der Waals surface area contributed by atoms with Crippen molar-refractivity contribution in [1.82, 2.24) is 20.3 Å². The van der Waals surface area contributed by atoms with Crippen LogP contribution in [0.3, 0.4) is 0 Å². The number of carbonyl (C=O) groups is 3. The Hall–Kier alpha value is -2.66. The molecule has 0 saturated heterocycles. The summed E-state index contributed by atoms with van der Waals surface area (Å²) in [5.74, 6) is -3.11. The van der Waals surface area contributed by atoms with Gasteiger partial charge in [0.25, 0.3) is 5.91 Å². The summed E-state index contributed by atoms with van der Waals surface area (Å²) in [5, 5.41) is 16.0. The van der Waals surface area contributed by atoms with Crippen LogP contribution in [0, 0.1) is 0 Å². The molecule has 1 aromatic rings. The van der Waals surface area contributed by atoms with Crippen LogP contribution in [-0.4, -0.2) is 44.7 Å². The zero-order valence-corrected chi connectivity index (χ0v) is 10.5. The lowest BCUT2D eigenvalue weighted by Crippen LogP contribution is -2.35. The normalized spacial score (nSPS) is 11.0. The van der Waals surface area contributed by atoms with Gasteiger partial charge in [0.15, 0.2) is 5.69 Å². The Kier molecular flexibility index (Phi) is 4.84. The van der Waals surface area contributed by atoms with E-state index in [9.17, 15) is 27.6 Å². The van der Waals surface area contributed by atoms with E-state index < -0.39 is 42.1 Å². The van der Waals surface area contributed by atoms with E-state index in [4.69, 9.17) is 5.11 Å². The summed E-state index contributed by atoms with van der Waals surface area (Å²) < 4.78 is 42.6. The van der Waals surface area contributed by atoms with Crippen molar-refractivity contribution in [3.05, 3.63) is 11.4 Å². The number of hydrogen-bond donors (Lipinski definition) is 2. The van der Waals surface area contributed by atoms with Crippen molar-refractivity contribution in [3.63, 3.8) is 0 Å². The molecule has 0 aliphatic heterocycles.